The van der Waals surface area contributed by atoms with Gasteiger partial charge in [0.05, 0.1) is 12.1 Å². The van der Waals surface area contributed by atoms with Gasteiger partial charge in [-0.15, -0.1) is 5.10 Å². The highest BCUT2D eigenvalue weighted by atomic mass is 16.1. The molecule has 2 heterocycles. The van der Waals surface area contributed by atoms with Crippen molar-refractivity contribution in [1.82, 2.24) is 25.2 Å². The number of carbonyl (C=O) groups is 1. The molecule has 0 aliphatic carbocycles. The van der Waals surface area contributed by atoms with Crippen LogP contribution in [-0.2, 0) is 11.2 Å². The maximum absolute atomic E-state index is 12.0. The Morgan fingerprint density at radius 1 is 1.24 bits per heavy atom. The third-order valence-corrected chi connectivity index (χ3v) is 2.83. The largest absolute Gasteiger partial charge is 0.326 e. The zero-order valence-electron chi connectivity index (χ0n) is 11.0. The van der Waals surface area contributed by atoms with Crippen molar-refractivity contribution in [1.29, 1.82) is 0 Å². The highest BCUT2D eigenvalue weighted by molar-refractivity contribution is 5.92. The Labute approximate surface area is 120 Å². The Kier molecular flexibility index (Phi) is 3.64. The Bertz CT molecular complexity index is 726. The van der Waals surface area contributed by atoms with Crippen LogP contribution in [0.3, 0.4) is 0 Å². The number of nitrogens with zero attached hydrogens (tertiary/aromatic N) is 5. The van der Waals surface area contributed by atoms with E-state index in [9.17, 15) is 4.79 Å². The first-order valence-corrected chi connectivity index (χ1v) is 6.33. The minimum atomic E-state index is -0.100. The van der Waals surface area contributed by atoms with Crippen molar-refractivity contribution in [2.24, 2.45) is 0 Å². The third kappa shape index (κ3) is 3.27. The van der Waals surface area contributed by atoms with Gasteiger partial charge in [0, 0.05) is 18.1 Å². The summed E-state index contributed by atoms with van der Waals surface area (Å²) in [5, 5.41) is 13.8. The van der Waals surface area contributed by atoms with E-state index < -0.39 is 0 Å². The zero-order valence-corrected chi connectivity index (χ0v) is 11.0. The predicted octanol–water partition coefficient (Wildman–Crippen LogP) is 1.24. The smallest absolute Gasteiger partial charge is 0.228 e. The molecule has 7 nitrogen and oxygen atoms in total. The molecule has 1 aromatic carbocycles. The molecule has 2 aromatic heterocycles. The molecule has 0 spiro atoms. The average molecular weight is 280 g/mol. The monoisotopic (exact) mass is 280 g/mol. The number of rotatable bonds is 4. The van der Waals surface area contributed by atoms with E-state index >= 15 is 0 Å². The fraction of sp³-hybridized carbons (Fsp3) is 0.0714. The lowest BCUT2D eigenvalue weighted by Crippen LogP contribution is -2.14. The SMILES string of the molecule is O=C(Cc1cccnc1)Nc1cccc(-n2cnnn2)c1. The second-order valence-electron chi connectivity index (χ2n) is 4.39. The molecule has 0 atom stereocenters. The van der Waals surface area contributed by atoms with Gasteiger partial charge in [0.2, 0.25) is 5.91 Å². The summed E-state index contributed by atoms with van der Waals surface area (Å²) in [6.07, 6.45) is 5.13. The van der Waals surface area contributed by atoms with Crippen molar-refractivity contribution < 1.29 is 4.79 Å². The van der Waals surface area contributed by atoms with E-state index in [-0.39, 0.29) is 12.3 Å². The summed E-state index contributed by atoms with van der Waals surface area (Å²) in [5.74, 6) is -0.100. The number of carbonyl (C=O) groups excluding carboxylic acids is 1. The molecule has 0 saturated heterocycles. The minimum absolute atomic E-state index is 0.100. The van der Waals surface area contributed by atoms with E-state index in [1.165, 1.54) is 11.0 Å². The molecule has 3 rings (SSSR count). The maximum Gasteiger partial charge on any atom is 0.228 e. The summed E-state index contributed by atoms with van der Waals surface area (Å²) in [5.41, 5.74) is 2.34. The van der Waals surface area contributed by atoms with Gasteiger partial charge in [0.25, 0.3) is 0 Å². The second kappa shape index (κ2) is 5.91. The molecule has 3 aromatic rings. The maximum atomic E-state index is 12.0. The molecule has 21 heavy (non-hydrogen) atoms. The molecule has 0 aliphatic rings. The fourth-order valence-corrected chi connectivity index (χ4v) is 1.90. The van der Waals surface area contributed by atoms with E-state index in [0.717, 1.165) is 11.3 Å². The van der Waals surface area contributed by atoms with Crippen LogP contribution in [0.25, 0.3) is 5.69 Å². The molecule has 0 unspecified atom stereocenters. The van der Waals surface area contributed by atoms with Gasteiger partial charge in [0.15, 0.2) is 0 Å². The van der Waals surface area contributed by atoms with Gasteiger partial charge < -0.3 is 5.32 Å². The van der Waals surface area contributed by atoms with Gasteiger partial charge in [-0.1, -0.05) is 12.1 Å². The molecule has 1 N–H and O–H groups in total. The van der Waals surface area contributed by atoms with Crippen LogP contribution in [0.4, 0.5) is 5.69 Å². The summed E-state index contributed by atoms with van der Waals surface area (Å²) in [6.45, 7) is 0. The highest BCUT2D eigenvalue weighted by Gasteiger charge is 2.05. The molecular weight excluding hydrogens is 268 g/mol. The van der Waals surface area contributed by atoms with E-state index in [1.807, 2.05) is 24.3 Å². The summed E-state index contributed by atoms with van der Waals surface area (Å²) in [6, 6.07) is 11.0. The Hall–Kier alpha value is -3.09. The van der Waals surface area contributed by atoms with E-state index in [2.05, 4.69) is 25.8 Å². The van der Waals surface area contributed by atoms with Crippen LogP contribution in [0.2, 0.25) is 0 Å². The summed E-state index contributed by atoms with van der Waals surface area (Å²) >= 11 is 0. The van der Waals surface area contributed by atoms with Crippen LogP contribution >= 0.6 is 0 Å². The quantitative estimate of drug-likeness (QED) is 0.777. The van der Waals surface area contributed by atoms with Crippen LogP contribution in [0.5, 0.6) is 0 Å². The standard InChI is InChI=1S/C14H12N6O/c21-14(7-11-3-2-6-15-9-11)17-12-4-1-5-13(8-12)20-10-16-18-19-20/h1-6,8-10H,7H2,(H,17,21). The van der Waals surface area contributed by atoms with Crippen LogP contribution in [0, 0.1) is 0 Å². The number of pyridine rings is 1. The number of nitrogens with one attached hydrogen (secondary N) is 1. The molecule has 104 valence electrons. The normalized spacial score (nSPS) is 10.3. The van der Waals surface area contributed by atoms with Crippen molar-refractivity contribution in [3.05, 3.63) is 60.7 Å². The van der Waals surface area contributed by atoms with Crippen molar-refractivity contribution in [2.75, 3.05) is 5.32 Å². The topological polar surface area (TPSA) is 85.6 Å². The van der Waals surface area contributed by atoms with Crippen LogP contribution in [0.1, 0.15) is 5.56 Å². The van der Waals surface area contributed by atoms with Gasteiger partial charge in [-0.05, 0) is 40.3 Å². The van der Waals surface area contributed by atoms with Gasteiger partial charge in [-0.2, -0.15) is 0 Å². The van der Waals surface area contributed by atoms with Crippen LogP contribution in [-0.4, -0.2) is 31.1 Å². The molecule has 0 saturated carbocycles. The lowest BCUT2D eigenvalue weighted by molar-refractivity contribution is -0.115. The van der Waals surface area contributed by atoms with Crippen molar-refractivity contribution in [2.45, 2.75) is 6.42 Å². The molecule has 0 radical (unpaired) electrons. The van der Waals surface area contributed by atoms with Crippen molar-refractivity contribution in [3.8, 4) is 5.69 Å². The Balaban J connectivity index is 1.70. The van der Waals surface area contributed by atoms with Gasteiger partial charge in [0.1, 0.15) is 6.33 Å². The fourth-order valence-electron chi connectivity index (χ4n) is 1.90. The number of tetrazole rings is 1. The number of hydrogen-bond donors (Lipinski definition) is 1. The van der Waals surface area contributed by atoms with E-state index in [1.54, 1.807) is 24.5 Å². The van der Waals surface area contributed by atoms with Crippen LogP contribution in [0.15, 0.2) is 55.1 Å². The molecule has 7 heteroatoms. The number of amides is 1. The van der Waals surface area contributed by atoms with Crippen LogP contribution < -0.4 is 5.32 Å². The van der Waals surface area contributed by atoms with Gasteiger partial charge in [-0.3, -0.25) is 9.78 Å². The number of hydrogen-bond acceptors (Lipinski definition) is 5. The summed E-state index contributed by atoms with van der Waals surface area (Å²) in [7, 11) is 0. The zero-order chi connectivity index (χ0) is 14.5. The first-order chi connectivity index (χ1) is 10.3. The van der Waals surface area contributed by atoms with Gasteiger partial charge in [-0.25, -0.2) is 4.68 Å². The number of anilines is 1. The number of benzene rings is 1. The number of aromatic nitrogens is 5. The molecule has 0 fully saturated rings. The lowest BCUT2D eigenvalue weighted by Gasteiger charge is -2.07. The Morgan fingerprint density at radius 2 is 2.19 bits per heavy atom. The summed E-state index contributed by atoms with van der Waals surface area (Å²) < 4.78 is 1.52. The molecule has 0 aliphatic heterocycles. The third-order valence-electron chi connectivity index (χ3n) is 2.83. The molecular formula is C14H12N6O. The first-order valence-electron chi connectivity index (χ1n) is 6.33. The van der Waals surface area contributed by atoms with E-state index in [0.29, 0.717) is 5.69 Å². The second-order valence-corrected chi connectivity index (χ2v) is 4.39. The minimum Gasteiger partial charge on any atom is -0.326 e. The highest BCUT2D eigenvalue weighted by Crippen LogP contribution is 2.13. The predicted molar refractivity (Wildman–Crippen MR) is 75.7 cm³/mol. The van der Waals surface area contributed by atoms with Crippen molar-refractivity contribution in [3.63, 3.8) is 0 Å². The van der Waals surface area contributed by atoms with E-state index in [4.69, 9.17) is 0 Å². The summed E-state index contributed by atoms with van der Waals surface area (Å²) in [4.78, 5) is 16.0. The molecule has 0 bridgehead atoms. The van der Waals surface area contributed by atoms with Gasteiger partial charge >= 0.3 is 0 Å². The first kappa shape index (κ1) is 12.9. The van der Waals surface area contributed by atoms with Crippen molar-refractivity contribution >= 4 is 11.6 Å². The Morgan fingerprint density at radius 3 is 2.95 bits per heavy atom. The average Bonchev–Trinajstić information content (AvgIpc) is 3.02. The molecule has 1 amide bonds. The lowest BCUT2D eigenvalue weighted by atomic mass is 10.2.